The van der Waals surface area contributed by atoms with Crippen LogP contribution in [0.15, 0.2) is 54.7 Å². The summed E-state index contributed by atoms with van der Waals surface area (Å²) in [5.41, 5.74) is 1.48. The van der Waals surface area contributed by atoms with E-state index in [-0.39, 0.29) is 11.7 Å². The number of aromatic nitrogens is 2. The van der Waals surface area contributed by atoms with Crippen LogP contribution in [0.3, 0.4) is 0 Å². The van der Waals surface area contributed by atoms with Gasteiger partial charge >= 0.3 is 12.0 Å². The minimum Gasteiger partial charge on any atom is -0.476 e. The Bertz CT molecular complexity index is 1120. The number of carboxylic acid groups (broad SMARTS) is 1. The van der Waals surface area contributed by atoms with Gasteiger partial charge in [-0.25, -0.2) is 9.59 Å². The van der Waals surface area contributed by atoms with Crippen molar-refractivity contribution in [2.75, 3.05) is 26.2 Å². The molecule has 1 aromatic heterocycles. The molecule has 1 saturated heterocycles. The molecule has 0 unspecified atom stereocenters. The monoisotopic (exact) mass is 454 g/mol. The Labute approximate surface area is 190 Å². The van der Waals surface area contributed by atoms with Crippen LogP contribution in [0, 0.1) is 6.92 Å². The predicted octanol–water partition coefficient (Wildman–Crippen LogP) is 4.12. The fourth-order valence-corrected chi connectivity index (χ4v) is 3.74. The molecule has 1 fully saturated rings. The highest BCUT2D eigenvalue weighted by molar-refractivity contribution is 6.30. The van der Waals surface area contributed by atoms with E-state index in [0.29, 0.717) is 36.8 Å². The van der Waals surface area contributed by atoms with Crippen molar-refractivity contribution in [1.29, 1.82) is 0 Å². The summed E-state index contributed by atoms with van der Waals surface area (Å²) in [6, 6.07) is 14.8. The standard InChI is InChI=1S/C23H23ClN4O4/c1-16-14-28(25-21(16)22(29)30)23(31)27-11-9-26(10-12-27)15-17-3-2-4-20(13-17)32-19-7-5-18(24)6-8-19/h2-8,13-14H,9-12,15H2,1H3,(H,29,30). The lowest BCUT2D eigenvalue weighted by Gasteiger charge is -2.34. The Kier molecular flexibility index (Phi) is 6.43. The summed E-state index contributed by atoms with van der Waals surface area (Å²) in [4.78, 5) is 27.8. The van der Waals surface area contributed by atoms with E-state index in [1.165, 1.54) is 6.20 Å². The minimum atomic E-state index is -1.14. The van der Waals surface area contributed by atoms with Crippen molar-refractivity contribution in [2.45, 2.75) is 13.5 Å². The van der Waals surface area contributed by atoms with Gasteiger partial charge in [0.2, 0.25) is 0 Å². The number of hydrogen-bond donors (Lipinski definition) is 1. The number of amides is 1. The smallest absolute Gasteiger partial charge is 0.356 e. The molecule has 0 aliphatic carbocycles. The van der Waals surface area contributed by atoms with Gasteiger partial charge in [0.1, 0.15) is 11.5 Å². The first-order chi connectivity index (χ1) is 15.4. The number of carbonyl (C=O) groups excluding carboxylic acids is 1. The third-order valence-electron chi connectivity index (χ3n) is 5.29. The fourth-order valence-electron chi connectivity index (χ4n) is 3.62. The van der Waals surface area contributed by atoms with E-state index in [4.69, 9.17) is 21.4 Å². The SMILES string of the molecule is Cc1cn(C(=O)N2CCN(Cc3cccc(Oc4ccc(Cl)cc4)c3)CC2)nc1C(=O)O. The summed E-state index contributed by atoms with van der Waals surface area (Å²) in [5, 5.41) is 13.7. The Morgan fingerprint density at radius 1 is 1.06 bits per heavy atom. The Hall–Kier alpha value is -3.36. The van der Waals surface area contributed by atoms with Crippen LogP contribution in [-0.2, 0) is 6.54 Å². The van der Waals surface area contributed by atoms with Crippen LogP contribution in [0.2, 0.25) is 5.02 Å². The number of hydrogen-bond acceptors (Lipinski definition) is 5. The lowest BCUT2D eigenvalue weighted by molar-refractivity contribution is 0.0689. The average Bonchev–Trinajstić information content (AvgIpc) is 3.18. The van der Waals surface area contributed by atoms with Gasteiger partial charge in [0.05, 0.1) is 0 Å². The molecule has 2 aromatic carbocycles. The van der Waals surface area contributed by atoms with E-state index in [9.17, 15) is 9.59 Å². The number of ether oxygens (including phenoxy) is 1. The van der Waals surface area contributed by atoms with Crippen LogP contribution in [0.5, 0.6) is 11.5 Å². The summed E-state index contributed by atoms with van der Waals surface area (Å²) in [6.45, 7) is 4.87. The molecule has 2 heterocycles. The van der Waals surface area contributed by atoms with Gasteiger partial charge in [-0.2, -0.15) is 9.78 Å². The largest absolute Gasteiger partial charge is 0.476 e. The normalized spacial score (nSPS) is 14.4. The zero-order valence-corrected chi connectivity index (χ0v) is 18.3. The van der Waals surface area contributed by atoms with E-state index in [2.05, 4.69) is 10.00 Å². The van der Waals surface area contributed by atoms with Gasteiger partial charge in [-0.15, -0.1) is 0 Å². The quantitative estimate of drug-likeness (QED) is 0.624. The molecule has 1 aliphatic heterocycles. The summed E-state index contributed by atoms with van der Waals surface area (Å²) in [7, 11) is 0. The van der Waals surface area contributed by atoms with Gasteiger partial charge < -0.3 is 14.7 Å². The zero-order chi connectivity index (χ0) is 22.7. The summed E-state index contributed by atoms with van der Waals surface area (Å²) in [6.07, 6.45) is 1.46. The van der Waals surface area contributed by atoms with Crippen molar-refractivity contribution >= 4 is 23.6 Å². The summed E-state index contributed by atoms with van der Waals surface area (Å²) >= 11 is 5.92. The molecule has 0 bridgehead atoms. The molecule has 0 saturated carbocycles. The third kappa shape index (κ3) is 5.09. The number of carboxylic acids is 1. The zero-order valence-electron chi connectivity index (χ0n) is 17.6. The number of benzene rings is 2. The first-order valence-electron chi connectivity index (χ1n) is 10.2. The highest BCUT2D eigenvalue weighted by Gasteiger charge is 2.24. The second-order valence-electron chi connectivity index (χ2n) is 7.66. The third-order valence-corrected chi connectivity index (χ3v) is 5.54. The molecule has 8 nitrogen and oxygen atoms in total. The molecule has 166 valence electrons. The van der Waals surface area contributed by atoms with Gasteiger partial charge in [-0.1, -0.05) is 23.7 Å². The minimum absolute atomic E-state index is 0.0994. The maximum Gasteiger partial charge on any atom is 0.356 e. The van der Waals surface area contributed by atoms with Crippen LogP contribution in [0.4, 0.5) is 4.79 Å². The van der Waals surface area contributed by atoms with Gasteiger partial charge in [0, 0.05) is 49.5 Å². The predicted molar refractivity (Wildman–Crippen MR) is 120 cm³/mol. The first kappa shape index (κ1) is 21.9. The number of halogens is 1. The second kappa shape index (κ2) is 9.42. The highest BCUT2D eigenvalue weighted by Crippen LogP contribution is 2.24. The number of rotatable bonds is 5. The number of aromatic carboxylic acids is 1. The van der Waals surface area contributed by atoms with Crippen molar-refractivity contribution in [2.24, 2.45) is 0 Å². The van der Waals surface area contributed by atoms with Crippen LogP contribution < -0.4 is 4.74 Å². The van der Waals surface area contributed by atoms with Gasteiger partial charge in [0.25, 0.3) is 0 Å². The van der Waals surface area contributed by atoms with E-state index in [1.54, 1.807) is 24.0 Å². The van der Waals surface area contributed by atoms with Crippen LogP contribution >= 0.6 is 11.6 Å². The molecule has 9 heteroatoms. The molecule has 32 heavy (non-hydrogen) atoms. The van der Waals surface area contributed by atoms with Crippen molar-refractivity contribution in [3.63, 3.8) is 0 Å². The van der Waals surface area contributed by atoms with Crippen molar-refractivity contribution in [3.8, 4) is 11.5 Å². The maximum absolute atomic E-state index is 12.7. The van der Waals surface area contributed by atoms with E-state index < -0.39 is 5.97 Å². The molecule has 0 spiro atoms. The summed E-state index contributed by atoms with van der Waals surface area (Å²) in [5.74, 6) is 0.335. The van der Waals surface area contributed by atoms with Crippen molar-refractivity contribution < 1.29 is 19.4 Å². The van der Waals surface area contributed by atoms with Gasteiger partial charge in [-0.05, 0) is 48.9 Å². The van der Waals surface area contributed by atoms with E-state index in [1.807, 2.05) is 36.4 Å². The molecular weight excluding hydrogens is 432 g/mol. The van der Waals surface area contributed by atoms with Gasteiger partial charge in [-0.3, -0.25) is 4.90 Å². The molecule has 1 aliphatic rings. The molecule has 4 rings (SSSR count). The lowest BCUT2D eigenvalue weighted by atomic mass is 10.2. The second-order valence-corrected chi connectivity index (χ2v) is 8.10. The lowest BCUT2D eigenvalue weighted by Crippen LogP contribution is -2.49. The van der Waals surface area contributed by atoms with E-state index in [0.717, 1.165) is 28.3 Å². The average molecular weight is 455 g/mol. The van der Waals surface area contributed by atoms with Crippen LogP contribution in [-0.4, -0.2) is 62.9 Å². The van der Waals surface area contributed by atoms with Crippen molar-refractivity contribution in [1.82, 2.24) is 19.6 Å². The fraction of sp³-hybridized carbons (Fsp3) is 0.261. The molecule has 3 aromatic rings. The van der Waals surface area contributed by atoms with Gasteiger partial charge in [0.15, 0.2) is 5.69 Å². The topological polar surface area (TPSA) is 87.9 Å². The van der Waals surface area contributed by atoms with E-state index >= 15 is 0 Å². The Balaban J connectivity index is 1.33. The van der Waals surface area contributed by atoms with Crippen molar-refractivity contribution in [3.05, 3.63) is 76.6 Å². The number of carbonyl (C=O) groups is 2. The highest BCUT2D eigenvalue weighted by atomic mass is 35.5. The Morgan fingerprint density at radius 2 is 1.78 bits per heavy atom. The molecule has 0 atom stereocenters. The number of nitrogens with zero attached hydrogens (tertiary/aromatic N) is 4. The van der Waals surface area contributed by atoms with Crippen LogP contribution in [0.25, 0.3) is 0 Å². The summed E-state index contributed by atoms with van der Waals surface area (Å²) < 4.78 is 7.02. The number of aryl methyl sites for hydroxylation is 1. The molecule has 1 N–H and O–H groups in total. The number of piperazine rings is 1. The Morgan fingerprint density at radius 3 is 2.44 bits per heavy atom. The molecule has 0 radical (unpaired) electrons. The first-order valence-corrected chi connectivity index (χ1v) is 10.6. The maximum atomic E-state index is 12.7. The molecular formula is C23H23ClN4O4. The molecule has 1 amide bonds. The van der Waals surface area contributed by atoms with Crippen LogP contribution in [0.1, 0.15) is 21.6 Å².